The summed E-state index contributed by atoms with van der Waals surface area (Å²) < 4.78 is 5.11. The lowest BCUT2D eigenvalue weighted by molar-refractivity contribution is 0.201. The number of anilines is 1. The molecule has 1 aromatic rings. The van der Waals surface area contributed by atoms with Crippen LogP contribution in [-0.2, 0) is 6.42 Å². The SMILES string of the molecule is COc1ccc2c(c1)CCCN2C(=O)O. The number of fused-ring (bicyclic) bond motifs is 1. The largest absolute Gasteiger partial charge is 0.497 e. The van der Waals surface area contributed by atoms with E-state index in [9.17, 15) is 4.79 Å². The topological polar surface area (TPSA) is 49.8 Å². The molecule has 4 heteroatoms. The third-order valence-corrected chi connectivity index (χ3v) is 2.64. The molecule has 0 saturated carbocycles. The molecule has 0 aliphatic carbocycles. The Bertz CT molecular complexity index is 389. The molecule has 15 heavy (non-hydrogen) atoms. The predicted octanol–water partition coefficient (Wildman–Crippen LogP) is 2.13. The van der Waals surface area contributed by atoms with Crippen LogP contribution in [0.3, 0.4) is 0 Å². The number of aryl methyl sites for hydroxylation is 1. The molecule has 2 rings (SSSR count). The molecule has 0 atom stereocenters. The van der Waals surface area contributed by atoms with Crippen molar-refractivity contribution < 1.29 is 14.6 Å². The molecule has 1 aliphatic rings. The fourth-order valence-corrected chi connectivity index (χ4v) is 1.90. The van der Waals surface area contributed by atoms with E-state index in [1.165, 1.54) is 4.90 Å². The van der Waals surface area contributed by atoms with Gasteiger partial charge in [-0.05, 0) is 36.6 Å². The highest BCUT2D eigenvalue weighted by Crippen LogP contribution is 2.30. The molecule has 0 fully saturated rings. The zero-order chi connectivity index (χ0) is 10.8. The second kappa shape index (κ2) is 3.81. The number of carbonyl (C=O) groups is 1. The smallest absolute Gasteiger partial charge is 0.411 e. The fraction of sp³-hybridized carbons (Fsp3) is 0.364. The minimum Gasteiger partial charge on any atom is -0.497 e. The van der Waals surface area contributed by atoms with E-state index in [0.29, 0.717) is 6.54 Å². The first-order chi connectivity index (χ1) is 7.22. The van der Waals surface area contributed by atoms with Crippen molar-refractivity contribution >= 4 is 11.8 Å². The minimum atomic E-state index is -0.888. The molecule has 80 valence electrons. The van der Waals surface area contributed by atoms with Gasteiger partial charge in [0.2, 0.25) is 0 Å². The number of benzene rings is 1. The van der Waals surface area contributed by atoms with Crippen LogP contribution in [0.25, 0.3) is 0 Å². The first-order valence-corrected chi connectivity index (χ1v) is 4.90. The standard InChI is InChI=1S/C11H13NO3/c1-15-9-4-5-10-8(7-9)3-2-6-12(10)11(13)14/h4-5,7H,2-3,6H2,1H3,(H,13,14). The van der Waals surface area contributed by atoms with Crippen LogP contribution in [-0.4, -0.2) is 24.9 Å². The number of amides is 1. The van der Waals surface area contributed by atoms with Gasteiger partial charge in [-0.2, -0.15) is 0 Å². The molecule has 0 bridgehead atoms. The highest BCUT2D eigenvalue weighted by Gasteiger charge is 2.21. The van der Waals surface area contributed by atoms with Crippen molar-refractivity contribution in [3.63, 3.8) is 0 Å². The molecule has 1 aliphatic heterocycles. The Balaban J connectivity index is 2.40. The first-order valence-electron chi connectivity index (χ1n) is 4.90. The van der Waals surface area contributed by atoms with Crippen molar-refractivity contribution in [1.82, 2.24) is 0 Å². The number of nitrogens with zero attached hydrogens (tertiary/aromatic N) is 1. The minimum absolute atomic E-state index is 0.578. The van der Waals surface area contributed by atoms with E-state index >= 15 is 0 Å². The molecule has 4 nitrogen and oxygen atoms in total. The van der Waals surface area contributed by atoms with Gasteiger partial charge in [-0.15, -0.1) is 0 Å². The van der Waals surface area contributed by atoms with Crippen LogP contribution in [0.15, 0.2) is 18.2 Å². The average Bonchev–Trinajstić information content (AvgIpc) is 2.27. The summed E-state index contributed by atoms with van der Waals surface area (Å²) >= 11 is 0. The van der Waals surface area contributed by atoms with Crippen molar-refractivity contribution in [2.24, 2.45) is 0 Å². The molecule has 1 amide bonds. The maximum atomic E-state index is 11.0. The van der Waals surface area contributed by atoms with Gasteiger partial charge < -0.3 is 9.84 Å². The van der Waals surface area contributed by atoms with E-state index in [-0.39, 0.29) is 0 Å². The quantitative estimate of drug-likeness (QED) is 0.767. The first kappa shape index (κ1) is 9.83. The number of rotatable bonds is 1. The van der Waals surface area contributed by atoms with Crippen LogP contribution in [0.5, 0.6) is 5.75 Å². The Morgan fingerprint density at radius 2 is 2.33 bits per heavy atom. The van der Waals surface area contributed by atoms with E-state index in [2.05, 4.69) is 0 Å². The van der Waals surface area contributed by atoms with E-state index in [1.807, 2.05) is 6.07 Å². The summed E-state index contributed by atoms with van der Waals surface area (Å²) in [5, 5.41) is 9.01. The second-order valence-electron chi connectivity index (χ2n) is 3.53. The van der Waals surface area contributed by atoms with Gasteiger partial charge in [-0.3, -0.25) is 4.90 Å². The lowest BCUT2D eigenvalue weighted by Crippen LogP contribution is -2.34. The molecule has 0 radical (unpaired) electrons. The zero-order valence-electron chi connectivity index (χ0n) is 8.56. The molecule has 0 unspecified atom stereocenters. The van der Waals surface area contributed by atoms with Gasteiger partial charge in [0.25, 0.3) is 0 Å². The van der Waals surface area contributed by atoms with Gasteiger partial charge in [-0.1, -0.05) is 0 Å². The Kier molecular flexibility index (Phi) is 2.49. The third-order valence-electron chi connectivity index (χ3n) is 2.64. The summed E-state index contributed by atoms with van der Waals surface area (Å²) in [5.41, 5.74) is 1.83. The monoisotopic (exact) mass is 207 g/mol. The molecule has 0 saturated heterocycles. The summed E-state index contributed by atoms with van der Waals surface area (Å²) in [6, 6.07) is 5.51. The van der Waals surface area contributed by atoms with E-state index < -0.39 is 6.09 Å². The maximum absolute atomic E-state index is 11.0. The number of hydrogen-bond donors (Lipinski definition) is 1. The van der Waals surface area contributed by atoms with Gasteiger partial charge >= 0.3 is 6.09 Å². The van der Waals surface area contributed by atoms with Gasteiger partial charge in [-0.25, -0.2) is 4.79 Å². The van der Waals surface area contributed by atoms with E-state index in [1.54, 1.807) is 19.2 Å². The highest BCUT2D eigenvalue weighted by molar-refractivity contribution is 5.87. The van der Waals surface area contributed by atoms with Crippen LogP contribution < -0.4 is 9.64 Å². The summed E-state index contributed by atoms with van der Waals surface area (Å²) in [6.07, 6.45) is 0.893. The highest BCUT2D eigenvalue weighted by atomic mass is 16.5. The second-order valence-corrected chi connectivity index (χ2v) is 3.53. The third kappa shape index (κ3) is 1.75. The molecular weight excluding hydrogens is 194 g/mol. The van der Waals surface area contributed by atoms with Crippen molar-refractivity contribution in [2.75, 3.05) is 18.6 Å². The van der Waals surface area contributed by atoms with Gasteiger partial charge in [0, 0.05) is 6.54 Å². The molecule has 1 heterocycles. The van der Waals surface area contributed by atoms with E-state index in [4.69, 9.17) is 9.84 Å². The van der Waals surface area contributed by atoms with Crippen LogP contribution in [0, 0.1) is 0 Å². The molecule has 1 aromatic carbocycles. The Morgan fingerprint density at radius 1 is 1.53 bits per heavy atom. The van der Waals surface area contributed by atoms with Crippen molar-refractivity contribution in [2.45, 2.75) is 12.8 Å². The van der Waals surface area contributed by atoms with Crippen molar-refractivity contribution in [1.29, 1.82) is 0 Å². The normalized spacial score (nSPS) is 14.6. The average molecular weight is 207 g/mol. The summed E-state index contributed by atoms with van der Waals surface area (Å²) in [5.74, 6) is 0.779. The maximum Gasteiger partial charge on any atom is 0.411 e. The lowest BCUT2D eigenvalue weighted by Gasteiger charge is -2.27. The van der Waals surface area contributed by atoms with Crippen LogP contribution >= 0.6 is 0 Å². The number of hydrogen-bond acceptors (Lipinski definition) is 2. The van der Waals surface area contributed by atoms with Crippen molar-refractivity contribution in [3.05, 3.63) is 23.8 Å². The van der Waals surface area contributed by atoms with Gasteiger partial charge in [0.1, 0.15) is 5.75 Å². The zero-order valence-corrected chi connectivity index (χ0v) is 8.56. The van der Waals surface area contributed by atoms with Crippen molar-refractivity contribution in [3.8, 4) is 5.75 Å². The number of methoxy groups -OCH3 is 1. The van der Waals surface area contributed by atoms with Gasteiger partial charge in [0.05, 0.1) is 12.8 Å². The van der Waals surface area contributed by atoms with Gasteiger partial charge in [0.15, 0.2) is 0 Å². The lowest BCUT2D eigenvalue weighted by atomic mass is 10.0. The summed E-state index contributed by atoms with van der Waals surface area (Å²) in [7, 11) is 1.61. The fourth-order valence-electron chi connectivity index (χ4n) is 1.90. The number of carboxylic acid groups (broad SMARTS) is 1. The molecule has 0 aromatic heterocycles. The Hall–Kier alpha value is -1.71. The molecule has 0 spiro atoms. The Labute approximate surface area is 88.1 Å². The predicted molar refractivity (Wildman–Crippen MR) is 56.7 cm³/mol. The number of ether oxygens (including phenoxy) is 1. The van der Waals surface area contributed by atoms with Crippen LogP contribution in [0.2, 0.25) is 0 Å². The van der Waals surface area contributed by atoms with Crippen LogP contribution in [0.4, 0.5) is 10.5 Å². The summed E-state index contributed by atoms with van der Waals surface area (Å²) in [4.78, 5) is 12.4. The molecular formula is C11H13NO3. The Morgan fingerprint density at radius 3 is 3.00 bits per heavy atom. The van der Waals surface area contributed by atoms with Crippen LogP contribution in [0.1, 0.15) is 12.0 Å². The molecule has 1 N–H and O–H groups in total. The summed E-state index contributed by atoms with van der Waals surface area (Å²) in [6.45, 7) is 0.578. The van der Waals surface area contributed by atoms with E-state index in [0.717, 1.165) is 29.8 Å².